The van der Waals surface area contributed by atoms with Gasteiger partial charge in [0.25, 0.3) is 0 Å². The van der Waals surface area contributed by atoms with Gasteiger partial charge in [-0.2, -0.15) is 0 Å². The van der Waals surface area contributed by atoms with Gasteiger partial charge in [0.1, 0.15) is 10.6 Å². The molecule has 2 aromatic heterocycles. The quantitative estimate of drug-likeness (QED) is 0.425. The molecule has 0 saturated carbocycles. The zero-order valence-electron chi connectivity index (χ0n) is 17.5. The Morgan fingerprint density at radius 2 is 2.12 bits per heavy atom. The number of anilines is 2. The molecule has 3 heterocycles. The number of sulfonamides is 1. The van der Waals surface area contributed by atoms with E-state index in [1.165, 1.54) is 28.3 Å². The minimum atomic E-state index is -3.77. The largest absolute Gasteiger partial charge is 0.383 e. The molecule has 1 aromatic carbocycles. The van der Waals surface area contributed by atoms with Crippen LogP contribution in [0.4, 0.5) is 11.5 Å². The minimum absolute atomic E-state index is 0.0603. The SMILES string of the molecule is CC1CCc2c(sc3nc(SCC(=O)N4CCc5cc(S(N)(=O)=O)ccc54)nc(N)c23)C1. The molecule has 2 aliphatic rings. The summed E-state index contributed by atoms with van der Waals surface area (Å²) in [5.74, 6) is 1.24. The van der Waals surface area contributed by atoms with Crippen LogP contribution in [0.25, 0.3) is 10.2 Å². The minimum Gasteiger partial charge on any atom is -0.383 e. The van der Waals surface area contributed by atoms with Crippen molar-refractivity contribution in [3.05, 3.63) is 34.2 Å². The summed E-state index contributed by atoms with van der Waals surface area (Å²) in [7, 11) is -3.77. The molecule has 0 fully saturated rings. The number of nitrogens with two attached hydrogens (primary N) is 2. The molecule has 32 heavy (non-hydrogen) atoms. The highest BCUT2D eigenvalue weighted by Gasteiger charge is 2.27. The normalized spacial score (nSPS) is 18.1. The summed E-state index contributed by atoms with van der Waals surface area (Å²) in [6.45, 7) is 2.77. The molecule has 1 aliphatic carbocycles. The van der Waals surface area contributed by atoms with E-state index in [-0.39, 0.29) is 16.6 Å². The van der Waals surface area contributed by atoms with E-state index in [4.69, 9.17) is 10.9 Å². The fraction of sp³-hybridized carbons (Fsp3) is 0.381. The number of thiophene rings is 1. The molecule has 1 amide bonds. The van der Waals surface area contributed by atoms with Gasteiger partial charge in [0.05, 0.1) is 16.0 Å². The Bertz CT molecular complexity index is 1350. The maximum Gasteiger partial charge on any atom is 0.238 e. The lowest BCUT2D eigenvalue weighted by molar-refractivity contribution is -0.116. The van der Waals surface area contributed by atoms with Crippen molar-refractivity contribution in [1.29, 1.82) is 0 Å². The first-order chi connectivity index (χ1) is 15.2. The second-order valence-electron chi connectivity index (χ2n) is 8.34. The van der Waals surface area contributed by atoms with Crippen molar-refractivity contribution in [1.82, 2.24) is 9.97 Å². The molecule has 11 heteroatoms. The molecule has 5 rings (SSSR count). The number of carbonyl (C=O) groups is 1. The zero-order valence-corrected chi connectivity index (χ0v) is 19.9. The number of aromatic nitrogens is 2. The van der Waals surface area contributed by atoms with Gasteiger partial charge in [0.2, 0.25) is 15.9 Å². The Morgan fingerprint density at radius 3 is 2.91 bits per heavy atom. The molecule has 0 bridgehead atoms. The standard InChI is InChI=1S/C21H23N5O3S3/c1-11-2-4-14-16(8-11)31-20-18(14)19(22)24-21(25-20)30-10-17(27)26-7-6-12-9-13(32(23,28)29)3-5-15(12)26/h3,5,9,11H,2,4,6-8,10H2,1H3,(H2,22,24,25)(H2,23,28,29). The lowest BCUT2D eigenvalue weighted by Gasteiger charge is -2.18. The fourth-order valence-electron chi connectivity index (χ4n) is 4.43. The van der Waals surface area contributed by atoms with Gasteiger partial charge in [-0.25, -0.2) is 23.5 Å². The van der Waals surface area contributed by atoms with E-state index in [1.807, 2.05) is 0 Å². The average Bonchev–Trinajstić information content (AvgIpc) is 3.31. The van der Waals surface area contributed by atoms with Crippen molar-refractivity contribution in [2.75, 3.05) is 22.9 Å². The number of hydrogen-bond acceptors (Lipinski definition) is 8. The van der Waals surface area contributed by atoms with Crippen molar-refractivity contribution in [2.45, 2.75) is 42.7 Å². The first kappa shape index (κ1) is 21.6. The van der Waals surface area contributed by atoms with Crippen LogP contribution >= 0.6 is 23.1 Å². The molecule has 0 spiro atoms. The van der Waals surface area contributed by atoms with E-state index in [0.717, 1.165) is 40.7 Å². The van der Waals surface area contributed by atoms with Crippen LogP contribution in [-0.4, -0.2) is 36.6 Å². The van der Waals surface area contributed by atoms with E-state index in [0.29, 0.717) is 29.9 Å². The number of hydrogen-bond donors (Lipinski definition) is 2. The number of nitrogens with zero attached hydrogens (tertiary/aromatic N) is 3. The highest BCUT2D eigenvalue weighted by atomic mass is 32.2. The van der Waals surface area contributed by atoms with Crippen LogP contribution in [0.3, 0.4) is 0 Å². The second-order valence-corrected chi connectivity index (χ2v) is 11.9. The van der Waals surface area contributed by atoms with Crippen LogP contribution in [0.1, 0.15) is 29.3 Å². The van der Waals surface area contributed by atoms with E-state index in [2.05, 4.69) is 16.9 Å². The maximum absolute atomic E-state index is 12.9. The lowest BCUT2D eigenvalue weighted by Crippen LogP contribution is -2.30. The molecule has 0 saturated heterocycles. The van der Waals surface area contributed by atoms with Gasteiger partial charge in [0, 0.05) is 17.1 Å². The summed E-state index contributed by atoms with van der Waals surface area (Å²) in [5, 5.41) is 6.69. The molecule has 168 valence electrons. The Kier molecular flexibility index (Phi) is 5.39. The number of primary sulfonamides is 1. The van der Waals surface area contributed by atoms with Crippen LogP contribution in [-0.2, 0) is 34.1 Å². The molecule has 1 unspecified atom stereocenters. The van der Waals surface area contributed by atoms with Gasteiger partial charge in [-0.3, -0.25) is 4.79 Å². The summed E-state index contributed by atoms with van der Waals surface area (Å²) in [5.41, 5.74) is 9.10. The van der Waals surface area contributed by atoms with Crippen molar-refractivity contribution in [2.24, 2.45) is 11.1 Å². The lowest BCUT2D eigenvalue weighted by atomic mass is 9.89. The number of amides is 1. The van der Waals surface area contributed by atoms with Crippen LogP contribution in [0.15, 0.2) is 28.3 Å². The summed E-state index contributed by atoms with van der Waals surface area (Å²) < 4.78 is 23.2. The van der Waals surface area contributed by atoms with Gasteiger partial charge >= 0.3 is 0 Å². The van der Waals surface area contributed by atoms with Crippen LogP contribution in [0, 0.1) is 5.92 Å². The Morgan fingerprint density at radius 1 is 1.31 bits per heavy atom. The van der Waals surface area contributed by atoms with Crippen molar-refractivity contribution in [3.63, 3.8) is 0 Å². The molecule has 1 aliphatic heterocycles. The van der Waals surface area contributed by atoms with Crippen molar-refractivity contribution in [3.8, 4) is 0 Å². The molecular formula is C21H23N5O3S3. The highest BCUT2D eigenvalue weighted by Crippen LogP contribution is 2.40. The summed E-state index contributed by atoms with van der Waals surface area (Å²) >= 11 is 2.96. The zero-order chi connectivity index (χ0) is 22.6. The van der Waals surface area contributed by atoms with Crippen LogP contribution in [0.2, 0.25) is 0 Å². The molecule has 0 radical (unpaired) electrons. The summed E-state index contributed by atoms with van der Waals surface area (Å²) in [4.78, 5) is 26.0. The second kappa shape index (κ2) is 7.98. The van der Waals surface area contributed by atoms with Crippen LogP contribution in [0.5, 0.6) is 0 Å². The highest BCUT2D eigenvalue weighted by molar-refractivity contribution is 7.99. The number of thioether (sulfide) groups is 1. The van der Waals surface area contributed by atoms with Crippen LogP contribution < -0.4 is 15.8 Å². The van der Waals surface area contributed by atoms with Gasteiger partial charge in [0.15, 0.2) is 5.16 Å². The van der Waals surface area contributed by atoms with E-state index in [9.17, 15) is 13.2 Å². The third kappa shape index (κ3) is 3.87. The smallest absolute Gasteiger partial charge is 0.238 e. The van der Waals surface area contributed by atoms with E-state index < -0.39 is 10.0 Å². The number of nitrogen functional groups attached to an aromatic ring is 1. The third-order valence-electron chi connectivity index (χ3n) is 6.06. The van der Waals surface area contributed by atoms with Gasteiger partial charge in [-0.05, 0) is 60.9 Å². The predicted molar refractivity (Wildman–Crippen MR) is 128 cm³/mol. The van der Waals surface area contributed by atoms with E-state index in [1.54, 1.807) is 28.4 Å². The summed E-state index contributed by atoms with van der Waals surface area (Å²) in [6.07, 6.45) is 3.80. The molecule has 8 nitrogen and oxygen atoms in total. The number of carbonyl (C=O) groups excluding carboxylic acids is 1. The Balaban J connectivity index is 1.33. The Labute approximate surface area is 194 Å². The monoisotopic (exact) mass is 489 g/mol. The topological polar surface area (TPSA) is 132 Å². The third-order valence-corrected chi connectivity index (χ3v) is 8.95. The number of rotatable bonds is 4. The molecular weight excluding hydrogens is 466 g/mol. The Hall–Kier alpha value is -2.21. The number of fused-ring (bicyclic) bond motifs is 4. The van der Waals surface area contributed by atoms with Gasteiger partial charge in [-0.1, -0.05) is 18.7 Å². The number of benzene rings is 1. The average molecular weight is 490 g/mol. The molecule has 3 aromatic rings. The van der Waals surface area contributed by atoms with Crippen molar-refractivity contribution < 1.29 is 13.2 Å². The first-order valence-electron chi connectivity index (χ1n) is 10.4. The van der Waals surface area contributed by atoms with E-state index >= 15 is 0 Å². The number of aryl methyl sites for hydroxylation is 1. The fourth-order valence-corrected chi connectivity index (χ4v) is 7.17. The van der Waals surface area contributed by atoms with Crippen molar-refractivity contribution >= 4 is 60.8 Å². The summed E-state index contributed by atoms with van der Waals surface area (Å²) in [6, 6.07) is 4.62. The maximum atomic E-state index is 12.9. The van der Waals surface area contributed by atoms with Gasteiger partial charge in [-0.15, -0.1) is 11.3 Å². The molecule has 1 atom stereocenters. The molecule has 4 N–H and O–H groups in total. The first-order valence-corrected chi connectivity index (χ1v) is 13.7. The predicted octanol–water partition coefficient (Wildman–Crippen LogP) is 2.73. The van der Waals surface area contributed by atoms with Gasteiger partial charge < -0.3 is 10.6 Å².